The van der Waals surface area contributed by atoms with Crippen LogP contribution in [0.1, 0.15) is 44.1 Å². The van der Waals surface area contributed by atoms with Gasteiger partial charge in [-0.15, -0.1) is 0 Å². The number of fused-ring (bicyclic) bond motifs is 1. The Labute approximate surface area is 167 Å². The molecule has 0 atom stereocenters. The number of piperazine rings is 1. The van der Waals surface area contributed by atoms with Crippen molar-refractivity contribution in [2.45, 2.75) is 45.4 Å². The molecule has 0 radical (unpaired) electrons. The first-order valence-electron chi connectivity index (χ1n) is 10.6. The summed E-state index contributed by atoms with van der Waals surface area (Å²) >= 11 is 0. The summed E-state index contributed by atoms with van der Waals surface area (Å²) in [4.78, 5) is 21.9. The number of carbonyl (C=O) groups is 1. The van der Waals surface area contributed by atoms with Crippen LogP contribution in [0.4, 0.5) is 5.82 Å². The Hall–Kier alpha value is -2.30. The van der Waals surface area contributed by atoms with Crippen LogP contribution < -0.4 is 9.64 Å². The first-order chi connectivity index (χ1) is 13.7. The van der Waals surface area contributed by atoms with Crippen LogP contribution in [-0.4, -0.2) is 49.1 Å². The second-order valence-corrected chi connectivity index (χ2v) is 8.23. The van der Waals surface area contributed by atoms with E-state index in [9.17, 15) is 4.79 Å². The molecule has 2 heterocycles. The number of rotatable bonds is 4. The maximum Gasteiger partial charge on any atom is 0.222 e. The van der Waals surface area contributed by atoms with Crippen molar-refractivity contribution >= 4 is 22.6 Å². The first kappa shape index (κ1) is 19.0. The predicted molar refractivity (Wildman–Crippen MR) is 113 cm³/mol. The minimum absolute atomic E-state index is 0.343. The number of hydrogen-bond donors (Lipinski definition) is 0. The Morgan fingerprint density at radius 1 is 1.14 bits per heavy atom. The molecule has 0 N–H and O–H groups in total. The molecule has 0 spiro atoms. The minimum atomic E-state index is 0.343. The third kappa shape index (κ3) is 3.94. The van der Waals surface area contributed by atoms with Crippen LogP contribution in [0.3, 0.4) is 0 Å². The van der Waals surface area contributed by atoms with Gasteiger partial charge in [-0.3, -0.25) is 4.79 Å². The molecule has 5 nitrogen and oxygen atoms in total. The van der Waals surface area contributed by atoms with E-state index >= 15 is 0 Å². The maximum atomic E-state index is 12.7. The number of amides is 1. The number of anilines is 1. The van der Waals surface area contributed by atoms with Gasteiger partial charge in [0.25, 0.3) is 0 Å². The summed E-state index contributed by atoms with van der Waals surface area (Å²) in [6.45, 7) is 5.37. The SMILES string of the molecule is COc1cccc2c(C)cc(N3CCN(C(=O)CC4CCCCC4)CC3)nc12. The predicted octanol–water partition coefficient (Wildman–Crippen LogP) is 4.17. The van der Waals surface area contributed by atoms with E-state index < -0.39 is 0 Å². The number of aryl methyl sites for hydroxylation is 1. The van der Waals surface area contributed by atoms with E-state index in [1.165, 1.54) is 37.7 Å². The molecule has 2 fully saturated rings. The fourth-order valence-corrected chi connectivity index (χ4v) is 4.65. The van der Waals surface area contributed by atoms with E-state index in [0.29, 0.717) is 11.8 Å². The molecule has 0 bridgehead atoms. The largest absolute Gasteiger partial charge is 0.494 e. The van der Waals surface area contributed by atoms with E-state index in [1.807, 2.05) is 12.1 Å². The fourth-order valence-electron chi connectivity index (χ4n) is 4.65. The first-order valence-corrected chi connectivity index (χ1v) is 10.6. The van der Waals surface area contributed by atoms with Crippen LogP contribution in [0.15, 0.2) is 24.3 Å². The highest BCUT2D eigenvalue weighted by molar-refractivity contribution is 5.89. The van der Waals surface area contributed by atoms with Crippen molar-refractivity contribution in [1.29, 1.82) is 0 Å². The molecular weight excluding hydrogens is 350 g/mol. The van der Waals surface area contributed by atoms with Gasteiger partial charge in [-0.2, -0.15) is 0 Å². The second kappa shape index (κ2) is 8.38. The van der Waals surface area contributed by atoms with Crippen molar-refractivity contribution in [3.05, 3.63) is 29.8 Å². The highest BCUT2D eigenvalue weighted by Gasteiger charge is 2.25. The molecule has 1 aliphatic carbocycles. The monoisotopic (exact) mass is 381 g/mol. The number of para-hydroxylation sites is 1. The highest BCUT2D eigenvalue weighted by Crippen LogP contribution is 2.30. The molecule has 2 aromatic rings. The van der Waals surface area contributed by atoms with Crippen LogP contribution in [0, 0.1) is 12.8 Å². The Balaban J connectivity index is 1.42. The normalized spacial score (nSPS) is 18.5. The zero-order valence-corrected chi connectivity index (χ0v) is 17.1. The summed E-state index contributed by atoms with van der Waals surface area (Å²) in [7, 11) is 1.69. The Morgan fingerprint density at radius 3 is 2.61 bits per heavy atom. The number of hydrogen-bond acceptors (Lipinski definition) is 4. The lowest BCUT2D eigenvalue weighted by Gasteiger charge is -2.36. The molecule has 150 valence electrons. The Kier molecular flexibility index (Phi) is 5.69. The molecule has 1 aromatic heterocycles. The highest BCUT2D eigenvalue weighted by atomic mass is 16.5. The number of aromatic nitrogens is 1. The van der Waals surface area contributed by atoms with Crippen LogP contribution in [-0.2, 0) is 4.79 Å². The molecule has 1 aliphatic heterocycles. The molecule has 1 amide bonds. The molecule has 5 heteroatoms. The van der Waals surface area contributed by atoms with Gasteiger partial charge in [-0.25, -0.2) is 4.98 Å². The molecule has 28 heavy (non-hydrogen) atoms. The van der Waals surface area contributed by atoms with Gasteiger partial charge >= 0.3 is 0 Å². The zero-order valence-electron chi connectivity index (χ0n) is 17.1. The summed E-state index contributed by atoms with van der Waals surface area (Å²) in [6.07, 6.45) is 7.13. The van der Waals surface area contributed by atoms with Gasteiger partial charge in [0.1, 0.15) is 17.1 Å². The van der Waals surface area contributed by atoms with Crippen LogP contribution in [0.25, 0.3) is 10.9 Å². The molecule has 1 saturated carbocycles. The zero-order chi connectivity index (χ0) is 19.5. The third-order valence-corrected chi connectivity index (χ3v) is 6.36. The lowest BCUT2D eigenvalue weighted by molar-refractivity contribution is -0.132. The van der Waals surface area contributed by atoms with Crippen LogP contribution >= 0.6 is 0 Å². The van der Waals surface area contributed by atoms with Crippen molar-refractivity contribution in [2.75, 3.05) is 38.2 Å². The van der Waals surface area contributed by atoms with Crippen molar-refractivity contribution in [1.82, 2.24) is 9.88 Å². The second-order valence-electron chi connectivity index (χ2n) is 8.23. The van der Waals surface area contributed by atoms with Gasteiger partial charge in [0.05, 0.1) is 7.11 Å². The molecular formula is C23H31N3O2. The lowest BCUT2D eigenvalue weighted by Crippen LogP contribution is -2.49. The number of carbonyl (C=O) groups excluding carboxylic acids is 1. The summed E-state index contributed by atoms with van der Waals surface area (Å²) < 4.78 is 5.51. The quantitative estimate of drug-likeness (QED) is 0.797. The van der Waals surface area contributed by atoms with E-state index in [2.05, 4.69) is 28.9 Å². The van der Waals surface area contributed by atoms with Crippen molar-refractivity contribution in [3.63, 3.8) is 0 Å². The average molecular weight is 382 g/mol. The number of benzene rings is 1. The smallest absolute Gasteiger partial charge is 0.222 e. The number of methoxy groups -OCH3 is 1. The molecule has 4 rings (SSSR count). The summed E-state index contributed by atoms with van der Waals surface area (Å²) in [5, 5.41) is 1.13. The van der Waals surface area contributed by atoms with Gasteiger partial charge < -0.3 is 14.5 Å². The van der Waals surface area contributed by atoms with Gasteiger partial charge in [-0.1, -0.05) is 31.4 Å². The third-order valence-electron chi connectivity index (χ3n) is 6.36. The van der Waals surface area contributed by atoms with E-state index in [4.69, 9.17) is 9.72 Å². The van der Waals surface area contributed by atoms with Crippen molar-refractivity contribution < 1.29 is 9.53 Å². The molecule has 1 saturated heterocycles. The number of pyridine rings is 1. The average Bonchev–Trinajstić information content (AvgIpc) is 2.74. The summed E-state index contributed by atoms with van der Waals surface area (Å²) in [5.74, 6) is 2.74. The Morgan fingerprint density at radius 2 is 1.89 bits per heavy atom. The minimum Gasteiger partial charge on any atom is -0.494 e. The van der Waals surface area contributed by atoms with Gasteiger partial charge in [0.2, 0.25) is 5.91 Å². The van der Waals surface area contributed by atoms with E-state index in [0.717, 1.165) is 55.1 Å². The van der Waals surface area contributed by atoms with E-state index in [-0.39, 0.29) is 0 Å². The lowest BCUT2D eigenvalue weighted by atomic mass is 9.86. The van der Waals surface area contributed by atoms with E-state index in [1.54, 1.807) is 7.11 Å². The van der Waals surface area contributed by atoms with Crippen LogP contribution in [0.2, 0.25) is 0 Å². The maximum absolute atomic E-state index is 12.7. The van der Waals surface area contributed by atoms with Crippen molar-refractivity contribution in [2.24, 2.45) is 5.92 Å². The van der Waals surface area contributed by atoms with Crippen LogP contribution in [0.5, 0.6) is 5.75 Å². The number of nitrogens with zero attached hydrogens (tertiary/aromatic N) is 3. The molecule has 1 aromatic carbocycles. The molecule has 0 unspecified atom stereocenters. The summed E-state index contributed by atoms with van der Waals surface area (Å²) in [6, 6.07) is 8.21. The number of ether oxygens (including phenoxy) is 1. The summed E-state index contributed by atoms with van der Waals surface area (Å²) in [5.41, 5.74) is 2.12. The standard InChI is InChI=1S/C23H31N3O2/c1-17-15-21(24-23-19(17)9-6-10-20(23)28-2)25-11-13-26(14-12-25)22(27)16-18-7-4-3-5-8-18/h6,9-10,15,18H,3-5,7-8,11-14,16H2,1-2H3. The van der Waals surface area contributed by atoms with Gasteiger partial charge in [0, 0.05) is 38.0 Å². The molecule has 2 aliphatic rings. The van der Waals surface area contributed by atoms with Crippen molar-refractivity contribution in [3.8, 4) is 5.75 Å². The Bertz CT molecular complexity index is 837. The van der Waals surface area contributed by atoms with Gasteiger partial charge in [-0.05, 0) is 43.4 Å². The van der Waals surface area contributed by atoms with Gasteiger partial charge in [0.15, 0.2) is 0 Å². The fraction of sp³-hybridized carbons (Fsp3) is 0.565. The topological polar surface area (TPSA) is 45.7 Å².